The van der Waals surface area contributed by atoms with Crippen molar-refractivity contribution in [2.24, 2.45) is 0 Å². The quantitative estimate of drug-likeness (QED) is 0.332. The van der Waals surface area contributed by atoms with Gasteiger partial charge in [-0.25, -0.2) is 0 Å². The Hall–Kier alpha value is -2.23. The maximum atomic E-state index is 11.9. The van der Waals surface area contributed by atoms with Gasteiger partial charge in [-0.05, 0) is 68.8 Å². The van der Waals surface area contributed by atoms with E-state index in [2.05, 4.69) is 52.9 Å². The number of thiophene rings is 1. The molecule has 0 spiro atoms. The van der Waals surface area contributed by atoms with Crippen molar-refractivity contribution in [2.45, 2.75) is 26.2 Å². The molecule has 9 heteroatoms. The van der Waals surface area contributed by atoms with Gasteiger partial charge in [-0.2, -0.15) is 0 Å². The Morgan fingerprint density at radius 3 is 2.62 bits per heavy atom. The predicted octanol–water partition coefficient (Wildman–Crippen LogP) is 3.92. The van der Waals surface area contributed by atoms with Crippen molar-refractivity contribution < 1.29 is 14.3 Å². The molecule has 2 aromatic rings. The summed E-state index contributed by atoms with van der Waals surface area (Å²) in [7, 11) is 0. The molecule has 0 saturated carbocycles. The Bertz CT molecular complexity index is 906. The smallest absolute Gasteiger partial charge is 0.276 e. The van der Waals surface area contributed by atoms with Crippen LogP contribution >= 0.6 is 39.5 Å². The van der Waals surface area contributed by atoms with E-state index in [1.807, 2.05) is 35.7 Å². The van der Waals surface area contributed by atoms with Gasteiger partial charge in [-0.3, -0.25) is 25.8 Å². The molecule has 0 unspecified atom stereocenters. The molecule has 1 aromatic heterocycles. The molecule has 0 bridgehead atoms. The first kappa shape index (κ1) is 23.1. The van der Waals surface area contributed by atoms with Crippen molar-refractivity contribution >= 4 is 62.5 Å². The van der Waals surface area contributed by atoms with Crippen LogP contribution in [0.1, 0.15) is 31.2 Å². The van der Waals surface area contributed by atoms with Gasteiger partial charge in [0.25, 0.3) is 5.91 Å². The molecule has 0 aliphatic heterocycles. The van der Waals surface area contributed by atoms with E-state index in [1.165, 1.54) is 17.4 Å². The standard InChI is InChI=1S/C20H22BrN3O3S2/c1-20(2,3)13-6-8-16(15(21)11-13)27-12-18(26)23-24-19(28)22-17(25)9-7-14-5-4-10-29-14/h4-11H,12H2,1-3H3,(H,23,26)(H2,22,24,25,28)/b9-7-. The molecule has 3 N–H and O–H groups in total. The van der Waals surface area contributed by atoms with E-state index < -0.39 is 11.8 Å². The minimum atomic E-state index is -0.442. The molecule has 2 rings (SSSR count). The fraction of sp³-hybridized carbons (Fsp3) is 0.250. The molecule has 0 atom stereocenters. The Kier molecular flexibility index (Phi) is 8.36. The summed E-state index contributed by atoms with van der Waals surface area (Å²) in [5, 5.41) is 4.33. The van der Waals surface area contributed by atoms with Gasteiger partial charge in [0, 0.05) is 11.0 Å². The van der Waals surface area contributed by atoms with Crippen molar-refractivity contribution in [3.8, 4) is 5.75 Å². The summed E-state index contributed by atoms with van der Waals surface area (Å²) in [5.74, 6) is -0.283. The van der Waals surface area contributed by atoms with Gasteiger partial charge < -0.3 is 4.74 Å². The van der Waals surface area contributed by atoms with E-state index >= 15 is 0 Å². The molecule has 0 radical (unpaired) electrons. The number of ether oxygens (including phenoxy) is 1. The van der Waals surface area contributed by atoms with Gasteiger partial charge in [0.15, 0.2) is 11.7 Å². The van der Waals surface area contributed by atoms with Gasteiger partial charge >= 0.3 is 0 Å². The molecule has 154 valence electrons. The molecule has 0 saturated heterocycles. The normalized spacial score (nSPS) is 11.2. The van der Waals surface area contributed by atoms with Crippen LogP contribution in [-0.2, 0) is 15.0 Å². The number of nitrogens with one attached hydrogen (secondary N) is 3. The van der Waals surface area contributed by atoms with Crippen LogP contribution in [0.4, 0.5) is 0 Å². The second-order valence-corrected chi connectivity index (χ2v) is 9.27. The monoisotopic (exact) mass is 495 g/mol. The summed E-state index contributed by atoms with van der Waals surface area (Å²) >= 11 is 9.95. The van der Waals surface area contributed by atoms with Crippen molar-refractivity contribution in [2.75, 3.05) is 6.61 Å². The molecule has 1 heterocycles. The first-order valence-corrected chi connectivity index (χ1v) is 10.8. The summed E-state index contributed by atoms with van der Waals surface area (Å²) in [5.41, 5.74) is 6.00. The fourth-order valence-corrected chi connectivity index (χ4v) is 3.38. The fourth-order valence-electron chi connectivity index (χ4n) is 2.12. The van der Waals surface area contributed by atoms with Crippen LogP contribution in [-0.4, -0.2) is 23.5 Å². The second-order valence-electron chi connectivity index (χ2n) is 7.02. The molecule has 0 fully saturated rings. The van der Waals surface area contributed by atoms with Gasteiger partial charge in [0.2, 0.25) is 5.91 Å². The summed E-state index contributed by atoms with van der Waals surface area (Å²) in [6.07, 6.45) is 3.04. The van der Waals surface area contributed by atoms with Gasteiger partial charge in [-0.15, -0.1) is 11.3 Å². The maximum Gasteiger partial charge on any atom is 0.276 e. The Morgan fingerprint density at radius 2 is 2.00 bits per heavy atom. The third-order valence-electron chi connectivity index (χ3n) is 3.65. The van der Waals surface area contributed by atoms with Gasteiger partial charge in [0.1, 0.15) is 5.75 Å². The first-order valence-electron chi connectivity index (χ1n) is 8.69. The average Bonchev–Trinajstić information content (AvgIpc) is 3.16. The zero-order valence-electron chi connectivity index (χ0n) is 16.2. The van der Waals surface area contributed by atoms with Crippen molar-refractivity contribution in [1.82, 2.24) is 16.2 Å². The molecule has 0 aliphatic rings. The maximum absolute atomic E-state index is 11.9. The number of amides is 2. The van der Waals surface area contributed by atoms with Crippen LogP contribution in [0.15, 0.2) is 46.3 Å². The van der Waals surface area contributed by atoms with Crippen LogP contribution in [0.5, 0.6) is 5.75 Å². The molecule has 2 amide bonds. The lowest BCUT2D eigenvalue weighted by Crippen LogP contribution is -2.49. The zero-order chi connectivity index (χ0) is 21.4. The SMILES string of the molecule is CC(C)(C)c1ccc(OCC(=O)NNC(=S)NC(=O)/C=C\c2cccs2)c(Br)c1. The van der Waals surface area contributed by atoms with Crippen molar-refractivity contribution in [3.05, 3.63) is 56.7 Å². The number of hydrogen-bond donors (Lipinski definition) is 3. The first-order chi connectivity index (χ1) is 13.6. The van der Waals surface area contributed by atoms with Crippen LogP contribution in [0, 0.1) is 0 Å². The van der Waals surface area contributed by atoms with E-state index in [9.17, 15) is 9.59 Å². The lowest BCUT2D eigenvalue weighted by Gasteiger charge is -2.20. The Balaban J connectivity index is 1.74. The number of hydrogen-bond acceptors (Lipinski definition) is 5. The minimum absolute atomic E-state index is 0.0153. The number of halogens is 1. The molecule has 6 nitrogen and oxygen atoms in total. The van der Waals surface area contributed by atoms with Crippen LogP contribution < -0.4 is 20.9 Å². The van der Waals surface area contributed by atoms with Gasteiger partial charge in [0.05, 0.1) is 4.47 Å². The average molecular weight is 496 g/mol. The summed E-state index contributed by atoms with van der Waals surface area (Å²) in [6.45, 7) is 6.14. The third kappa shape index (κ3) is 7.96. The second kappa shape index (κ2) is 10.5. The topological polar surface area (TPSA) is 79.5 Å². The highest BCUT2D eigenvalue weighted by molar-refractivity contribution is 9.10. The van der Waals surface area contributed by atoms with E-state index in [-0.39, 0.29) is 17.1 Å². The summed E-state index contributed by atoms with van der Waals surface area (Å²) < 4.78 is 6.29. The Morgan fingerprint density at radius 1 is 1.24 bits per heavy atom. The molecular formula is C20H22BrN3O3S2. The van der Waals surface area contributed by atoms with Gasteiger partial charge in [-0.1, -0.05) is 32.9 Å². The molecule has 0 aliphatic carbocycles. The number of thiocarbonyl (C=S) groups is 1. The largest absolute Gasteiger partial charge is 0.483 e. The molecular weight excluding hydrogens is 474 g/mol. The van der Waals surface area contributed by atoms with Crippen molar-refractivity contribution in [1.29, 1.82) is 0 Å². The highest BCUT2D eigenvalue weighted by Crippen LogP contribution is 2.31. The highest BCUT2D eigenvalue weighted by Gasteiger charge is 2.15. The van der Waals surface area contributed by atoms with E-state index in [0.717, 1.165) is 14.9 Å². The lowest BCUT2D eigenvalue weighted by molar-refractivity contribution is -0.123. The number of benzene rings is 1. The Labute approximate surface area is 187 Å². The number of rotatable bonds is 5. The highest BCUT2D eigenvalue weighted by atomic mass is 79.9. The van der Waals surface area contributed by atoms with Crippen LogP contribution in [0.2, 0.25) is 0 Å². The van der Waals surface area contributed by atoms with E-state index in [4.69, 9.17) is 17.0 Å². The number of hydrazine groups is 1. The van der Waals surface area contributed by atoms with E-state index in [0.29, 0.717) is 5.75 Å². The minimum Gasteiger partial charge on any atom is -0.483 e. The molecule has 29 heavy (non-hydrogen) atoms. The predicted molar refractivity (Wildman–Crippen MR) is 124 cm³/mol. The lowest BCUT2D eigenvalue weighted by atomic mass is 9.87. The van der Waals surface area contributed by atoms with Crippen LogP contribution in [0.25, 0.3) is 6.08 Å². The zero-order valence-corrected chi connectivity index (χ0v) is 19.5. The number of carbonyl (C=O) groups excluding carboxylic acids is 2. The summed E-state index contributed by atoms with van der Waals surface area (Å²) in [6, 6.07) is 9.53. The van der Waals surface area contributed by atoms with Crippen LogP contribution in [0.3, 0.4) is 0 Å². The molecule has 1 aromatic carbocycles. The number of carbonyl (C=O) groups is 2. The van der Waals surface area contributed by atoms with Crippen molar-refractivity contribution in [3.63, 3.8) is 0 Å². The van der Waals surface area contributed by atoms with E-state index in [1.54, 1.807) is 6.08 Å². The summed E-state index contributed by atoms with van der Waals surface area (Å²) in [4.78, 5) is 24.7. The third-order valence-corrected chi connectivity index (χ3v) is 5.31.